The van der Waals surface area contributed by atoms with Crippen molar-refractivity contribution < 1.29 is 23.6 Å². The fraction of sp³-hybridized carbons (Fsp3) is 0.429. The predicted octanol–water partition coefficient (Wildman–Crippen LogP) is 3.13. The van der Waals surface area contributed by atoms with Crippen molar-refractivity contribution in [3.05, 3.63) is 42.1 Å². The van der Waals surface area contributed by atoms with Gasteiger partial charge in [-0.2, -0.15) is 0 Å². The lowest BCUT2D eigenvalue weighted by atomic mass is 9.92. The maximum atomic E-state index is 12.6. The second-order valence-corrected chi connectivity index (χ2v) is 7.80. The van der Waals surface area contributed by atoms with Crippen molar-refractivity contribution in [2.24, 2.45) is 5.92 Å². The number of carbonyl (C=O) groups is 3. The van der Waals surface area contributed by atoms with E-state index in [4.69, 9.17) is 9.26 Å². The number of hydrogen-bond acceptors (Lipinski definition) is 6. The number of esters is 1. The van der Waals surface area contributed by atoms with Gasteiger partial charge in [0, 0.05) is 11.6 Å². The van der Waals surface area contributed by atoms with E-state index in [9.17, 15) is 14.4 Å². The summed E-state index contributed by atoms with van der Waals surface area (Å²) < 4.78 is 10.4. The van der Waals surface area contributed by atoms with Crippen LogP contribution in [0.1, 0.15) is 39.3 Å². The average Bonchev–Trinajstić information content (AvgIpc) is 3.25. The number of amides is 3. The first-order valence-electron chi connectivity index (χ1n) is 9.59. The van der Waals surface area contributed by atoms with E-state index in [1.54, 1.807) is 13.0 Å². The SMILES string of the molecule is CC(C)CC[C@@]1(C)NC(=O)N(CC(=O)OCc2cc(-c3ccccc3)on2)C1=O. The summed E-state index contributed by atoms with van der Waals surface area (Å²) in [4.78, 5) is 37.9. The smallest absolute Gasteiger partial charge is 0.326 e. The minimum atomic E-state index is -0.988. The second kappa shape index (κ2) is 8.46. The molecule has 154 valence electrons. The van der Waals surface area contributed by atoms with Gasteiger partial charge in [-0.05, 0) is 25.7 Å². The lowest BCUT2D eigenvalue weighted by Crippen LogP contribution is -2.44. The Morgan fingerprint density at radius 1 is 1.28 bits per heavy atom. The van der Waals surface area contributed by atoms with Crippen molar-refractivity contribution >= 4 is 17.9 Å². The van der Waals surface area contributed by atoms with Gasteiger partial charge in [-0.3, -0.25) is 14.5 Å². The van der Waals surface area contributed by atoms with Crippen LogP contribution in [0.2, 0.25) is 0 Å². The van der Waals surface area contributed by atoms with Crippen LogP contribution in [0.15, 0.2) is 40.9 Å². The summed E-state index contributed by atoms with van der Waals surface area (Å²) in [5, 5.41) is 6.57. The van der Waals surface area contributed by atoms with Gasteiger partial charge >= 0.3 is 12.0 Å². The summed E-state index contributed by atoms with van der Waals surface area (Å²) >= 11 is 0. The van der Waals surface area contributed by atoms with Crippen LogP contribution in [-0.2, 0) is 20.9 Å². The van der Waals surface area contributed by atoms with Gasteiger partial charge in [-0.25, -0.2) is 4.79 Å². The summed E-state index contributed by atoms with van der Waals surface area (Å²) in [6.45, 7) is 5.23. The third-order valence-corrected chi connectivity index (χ3v) is 4.85. The fourth-order valence-electron chi connectivity index (χ4n) is 3.08. The molecule has 1 aromatic heterocycles. The Kier molecular flexibility index (Phi) is 6.00. The molecule has 0 radical (unpaired) electrons. The zero-order chi connectivity index (χ0) is 21.0. The van der Waals surface area contributed by atoms with Gasteiger partial charge < -0.3 is 14.6 Å². The molecule has 0 unspecified atom stereocenters. The van der Waals surface area contributed by atoms with Crippen LogP contribution in [0.25, 0.3) is 11.3 Å². The minimum Gasteiger partial charge on any atom is -0.458 e. The molecule has 1 aromatic carbocycles. The zero-order valence-corrected chi connectivity index (χ0v) is 16.8. The summed E-state index contributed by atoms with van der Waals surface area (Å²) in [6, 6.07) is 10.5. The molecule has 0 bridgehead atoms. The molecule has 0 spiro atoms. The molecule has 0 saturated carbocycles. The van der Waals surface area contributed by atoms with Gasteiger partial charge in [-0.1, -0.05) is 49.3 Å². The Bertz CT molecular complexity index is 893. The summed E-state index contributed by atoms with van der Waals surface area (Å²) in [7, 11) is 0. The normalized spacial score (nSPS) is 19.0. The Labute approximate surface area is 169 Å². The molecule has 1 atom stereocenters. The first kappa shape index (κ1) is 20.6. The molecule has 0 aliphatic carbocycles. The number of urea groups is 1. The highest BCUT2D eigenvalue weighted by Gasteiger charge is 2.48. The van der Waals surface area contributed by atoms with Crippen molar-refractivity contribution in [1.82, 2.24) is 15.4 Å². The highest BCUT2D eigenvalue weighted by molar-refractivity contribution is 6.08. The maximum Gasteiger partial charge on any atom is 0.326 e. The highest BCUT2D eigenvalue weighted by atomic mass is 16.5. The van der Waals surface area contributed by atoms with E-state index in [2.05, 4.69) is 10.5 Å². The number of imide groups is 1. The average molecular weight is 399 g/mol. The lowest BCUT2D eigenvalue weighted by Gasteiger charge is -2.22. The molecule has 2 aromatic rings. The number of nitrogens with zero attached hydrogens (tertiary/aromatic N) is 2. The number of hydrogen-bond donors (Lipinski definition) is 1. The predicted molar refractivity (Wildman–Crippen MR) is 104 cm³/mol. The maximum absolute atomic E-state index is 12.6. The van der Waals surface area contributed by atoms with E-state index in [0.717, 1.165) is 16.9 Å². The molecular formula is C21H25N3O5. The molecule has 1 N–H and O–H groups in total. The van der Waals surface area contributed by atoms with Crippen molar-refractivity contribution in [2.45, 2.75) is 45.8 Å². The van der Waals surface area contributed by atoms with Crippen LogP contribution in [0.3, 0.4) is 0 Å². The molecule has 1 saturated heterocycles. The number of aromatic nitrogens is 1. The van der Waals surface area contributed by atoms with Crippen LogP contribution in [0, 0.1) is 5.92 Å². The monoisotopic (exact) mass is 399 g/mol. The van der Waals surface area contributed by atoms with Crippen LogP contribution >= 0.6 is 0 Å². The van der Waals surface area contributed by atoms with Gasteiger partial charge in [-0.15, -0.1) is 0 Å². The van der Waals surface area contributed by atoms with E-state index in [1.165, 1.54) is 0 Å². The van der Waals surface area contributed by atoms with Gasteiger partial charge in [0.15, 0.2) is 5.76 Å². The molecule has 3 amide bonds. The first-order valence-corrected chi connectivity index (χ1v) is 9.59. The van der Waals surface area contributed by atoms with Crippen molar-refractivity contribution in [3.63, 3.8) is 0 Å². The molecule has 1 aliphatic heterocycles. The van der Waals surface area contributed by atoms with Crippen LogP contribution in [0.5, 0.6) is 0 Å². The molecule has 1 aliphatic rings. The minimum absolute atomic E-state index is 0.108. The molecule has 3 rings (SSSR count). The van der Waals surface area contributed by atoms with Crippen molar-refractivity contribution in [3.8, 4) is 11.3 Å². The Hall–Kier alpha value is -3.16. The standard InChI is InChI=1S/C21H25N3O5/c1-14(2)9-10-21(3)19(26)24(20(27)22-21)12-18(25)28-13-16-11-17(29-23-16)15-7-5-4-6-8-15/h4-8,11,14H,9-10,12-13H2,1-3H3,(H,22,27)/t21-/m1/s1. The third-order valence-electron chi connectivity index (χ3n) is 4.85. The highest BCUT2D eigenvalue weighted by Crippen LogP contribution is 2.25. The van der Waals surface area contributed by atoms with Gasteiger partial charge in [0.25, 0.3) is 5.91 Å². The fourth-order valence-corrected chi connectivity index (χ4v) is 3.08. The van der Waals surface area contributed by atoms with E-state index < -0.39 is 30.0 Å². The quantitative estimate of drug-likeness (QED) is 0.540. The number of ether oxygens (including phenoxy) is 1. The second-order valence-electron chi connectivity index (χ2n) is 7.80. The molecule has 29 heavy (non-hydrogen) atoms. The Morgan fingerprint density at radius 2 is 2.00 bits per heavy atom. The lowest BCUT2D eigenvalue weighted by molar-refractivity contribution is -0.149. The Balaban J connectivity index is 1.54. The molecular weight excluding hydrogens is 374 g/mol. The van der Waals surface area contributed by atoms with Crippen molar-refractivity contribution in [1.29, 1.82) is 0 Å². The molecule has 1 fully saturated rings. The van der Waals surface area contributed by atoms with E-state index in [0.29, 0.717) is 23.8 Å². The number of rotatable bonds is 8. The van der Waals surface area contributed by atoms with Crippen molar-refractivity contribution in [2.75, 3.05) is 6.54 Å². The Morgan fingerprint density at radius 3 is 2.69 bits per heavy atom. The van der Waals surface area contributed by atoms with Crippen LogP contribution < -0.4 is 5.32 Å². The molecule has 8 heteroatoms. The van der Waals surface area contributed by atoms with E-state index >= 15 is 0 Å². The first-order chi connectivity index (χ1) is 13.8. The zero-order valence-electron chi connectivity index (χ0n) is 16.8. The number of carbonyl (C=O) groups excluding carboxylic acids is 3. The van der Waals surface area contributed by atoms with Crippen LogP contribution in [0.4, 0.5) is 4.79 Å². The summed E-state index contributed by atoms with van der Waals surface area (Å²) in [5.74, 6) is -0.135. The number of nitrogens with one attached hydrogen (secondary N) is 1. The summed E-state index contributed by atoms with van der Waals surface area (Å²) in [6.07, 6.45) is 1.30. The van der Waals surface area contributed by atoms with Crippen LogP contribution in [-0.4, -0.2) is 40.0 Å². The van der Waals surface area contributed by atoms with Gasteiger partial charge in [0.2, 0.25) is 0 Å². The third kappa shape index (κ3) is 4.82. The van der Waals surface area contributed by atoms with Gasteiger partial charge in [0.1, 0.15) is 24.4 Å². The number of benzene rings is 1. The van der Waals surface area contributed by atoms with Gasteiger partial charge in [0.05, 0.1) is 0 Å². The summed E-state index contributed by atoms with van der Waals surface area (Å²) in [5.41, 5.74) is 0.312. The largest absolute Gasteiger partial charge is 0.458 e. The molecule has 8 nitrogen and oxygen atoms in total. The van der Waals surface area contributed by atoms with E-state index in [1.807, 2.05) is 44.2 Å². The van der Waals surface area contributed by atoms with E-state index in [-0.39, 0.29) is 6.61 Å². The topological polar surface area (TPSA) is 102 Å². The molecule has 2 heterocycles.